The highest BCUT2D eigenvalue weighted by Gasteiger charge is 2.26. The quantitative estimate of drug-likeness (QED) is 0.711. The molecular weight excluding hydrogens is 340 g/mol. The van der Waals surface area contributed by atoms with Gasteiger partial charge in [0.2, 0.25) is 5.82 Å². The Morgan fingerprint density at radius 2 is 2.08 bits per heavy atom. The van der Waals surface area contributed by atoms with E-state index in [4.69, 9.17) is 20.5 Å². The molecule has 1 saturated heterocycles. The summed E-state index contributed by atoms with van der Waals surface area (Å²) < 4.78 is 10.9. The number of furan rings is 1. The van der Waals surface area contributed by atoms with Gasteiger partial charge in [0.1, 0.15) is 5.76 Å². The zero-order chi connectivity index (χ0) is 17.1. The van der Waals surface area contributed by atoms with Crippen molar-refractivity contribution < 1.29 is 8.94 Å². The molecule has 0 saturated carbocycles. The first-order valence-corrected chi connectivity index (χ1v) is 8.78. The molecule has 1 atom stereocenters. The number of likely N-dealkylation sites (tertiary alicyclic amines) is 1. The molecule has 0 amide bonds. The summed E-state index contributed by atoms with van der Waals surface area (Å²) >= 11 is 6.02. The van der Waals surface area contributed by atoms with E-state index >= 15 is 0 Å². The highest BCUT2D eigenvalue weighted by atomic mass is 35.5. The zero-order valence-corrected chi connectivity index (χ0v) is 14.4. The second kappa shape index (κ2) is 7.29. The molecule has 25 heavy (non-hydrogen) atoms. The molecule has 0 radical (unpaired) electrons. The van der Waals surface area contributed by atoms with Gasteiger partial charge in [-0.15, -0.1) is 0 Å². The predicted molar refractivity (Wildman–Crippen MR) is 95.5 cm³/mol. The Kier molecular flexibility index (Phi) is 4.72. The van der Waals surface area contributed by atoms with Gasteiger partial charge in [0.05, 0.1) is 12.3 Å². The number of halogens is 1. The lowest BCUT2D eigenvalue weighted by Gasteiger charge is -2.25. The summed E-state index contributed by atoms with van der Waals surface area (Å²) in [5, 5.41) is 7.90. The number of nitrogens with zero attached hydrogens (tertiary/aromatic N) is 3. The first-order chi connectivity index (χ1) is 12.3. The fourth-order valence-corrected chi connectivity index (χ4v) is 3.36. The molecule has 3 aromatic rings. The fraction of sp³-hybridized carbons (Fsp3) is 0.333. The van der Waals surface area contributed by atoms with E-state index in [1.165, 1.54) is 12.8 Å². The predicted octanol–water partition coefficient (Wildman–Crippen LogP) is 4.23. The van der Waals surface area contributed by atoms with Crippen molar-refractivity contribution >= 4 is 17.6 Å². The van der Waals surface area contributed by atoms with Crippen LogP contribution in [-0.2, 0) is 0 Å². The zero-order valence-electron chi connectivity index (χ0n) is 13.7. The Morgan fingerprint density at radius 3 is 2.84 bits per heavy atom. The van der Waals surface area contributed by atoms with Crippen molar-refractivity contribution in [2.75, 3.05) is 25.0 Å². The van der Waals surface area contributed by atoms with Crippen LogP contribution in [0.3, 0.4) is 0 Å². The third-order valence-corrected chi connectivity index (χ3v) is 4.64. The van der Waals surface area contributed by atoms with Crippen molar-refractivity contribution in [1.82, 2.24) is 15.0 Å². The number of aromatic nitrogens is 2. The maximum atomic E-state index is 6.02. The van der Waals surface area contributed by atoms with Gasteiger partial charge in [0.15, 0.2) is 0 Å². The first kappa shape index (κ1) is 16.2. The molecular formula is C18H19ClN4O2. The molecule has 1 aliphatic heterocycles. The summed E-state index contributed by atoms with van der Waals surface area (Å²) in [7, 11) is 0. The molecule has 1 N–H and O–H groups in total. The van der Waals surface area contributed by atoms with Crippen LogP contribution in [0.25, 0.3) is 11.4 Å². The van der Waals surface area contributed by atoms with Gasteiger partial charge < -0.3 is 14.3 Å². The SMILES string of the molecule is Clc1cccc(-c2noc(NCC(c3ccco3)N3CCCC3)n2)c1. The van der Waals surface area contributed by atoms with Gasteiger partial charge in [-0.3, -0.25) is 4.90 Å². The summed E-state index contributed by atoms with van der Waals surface area (Å²) in [5.41, 5.74) is 0.825. The van der Waals surface area contributed by atoms with Crippen LogP contribution in [0.2, 0.25) is 5.02 Å². The Labute approximate surface area is 150 Å². The smallest absolute Gasteiger partial charge is 0.321 e. The van der Waals surface area contributed by atoms with Gasteiger partial charge in [-0.05, 0) is 50.2 Å². The number of hydrogen-bond acceptors (Lipinski definition) is 6. The fourth-order valence-electron chi connectivity index (χ4n) is 3.17. The van der Waals surface area contributed by atoms with E-state index in [2.05, 4.69) is 20.4 Å². The average Bonchev–Trinajstić information content (AvgIpc) is 3.38. The van der Waals surface area contributed by atoms with Crippen LogP contribution in [0.1, 0.15) is 24.6 Å². The van der Waals surface area contributed by atoms with Gasteiger partial charge in [-0.1, -0.05) is 28.9 Å². The molecule has 1 unspecified atom stereocenters. The van der Waals surface area contributed by atoms with Gasteiger partial charge in [-0.2, -0.15) is 4.98 Å². The molecule has 130 valence electrons. The molecule has 0 spiro atoms. The highest BCUT2D eigenvalue weighted by Crippen LogP contribution is 2.26. The first-order valence-electron chi connectivity index (χ1n) is 8.40. The van der Waals surface area contributed by atoms with Gasteiger partial charge in [0, 0.05) is 17.1 Å². The Hall–Kier alpha value is -2.31. The normalized spacial score (nSPS) is 16.2. The summed E-state index contributed by atoms with van der Waals surface area (Å²) in [6.45, 7) is 2.79. The molecule has 0 aliphatic carbocycles. The monoisotopic (exact) mass is 358 g/mol. The van der Waals surface area contributed by atoms with Crippen molar-refractivity contribution in [2.24, 2.45) is 0 Å². The van der Waals surface area contributed by atoms with Crippen molar-refractivity contribution in [1.29, 1.82) is 0 Å². The van der Waals surface area contributed by atoms with E-state index < -0.39 is 0 Å². The summed E-state index contributed by atoms with van der Waals surface area (Å²) in [6.07, 6.45) is 4.15. The molecule has 4 rings (SSSR count). The Bertz CT molecular complexity index is 812. The minimum Gasteiger partial charge on any atom is -0.468 e. The summed E-state index contributed by atoms with van der Waals surface area (Å²) in [6, 6.07) is 11.9. The standard InChI is InChI=1S/C18H19ClN4O2/c19-14-6-3-5-13(11-14)17-21-18(25-22-17)20-12-15(16-7-4-10-24-16)23-8-1-2-9-23/h3-7,10-11,15H,1-2,8-9,12H2,(H,20,21,22). The van der Waals surface area contributed by atoms with Crippen LogP contribution >= 0.6 is 11.6 Å². The third kappa shape index (κ3) is 3.70. The van der Waals surface area contributed by atoms with E-state index in [0.717, 1.165) is 24.4 Å². The number of nitrogens with one attached hydrogen (secondary N) is 1. The second-order valence-corrected chi connectivity index (χ2v) is 6.53. The summed E-state index contributed by atoms with van der Waals surface area (Å²) in [5.74, 6) is 1.46. The van der Waals surface area contributed by atoms with Crippen molar-refractivity contribution in [3.8, 4) is 11.4 Å². The van der Waals surface area contributed by atoms with E-state index in [1.54, 1.807) is 6.26 Å². The lowest BCUT2D eigenvalue weighted by molar-refractivity contribution is 0.224. The molecule has 1 fully saturated rings. The van der Waals surface area contributed by atoms with E-state index in [-0.39, 0.29) is 6.04 Å². The van der Waals surface area contributed by atoms with Crippen LogP contribution in [0, 0.1) is 0 Å². The number of anilines is 1. The topological polar surface area (TPSA) is 67.3 Å². The van der Waals surface area contributed by atoms with Crippen molar-refractivity contribution in [3.63, 3.8) is 0 Å². The molecule has 6 nitrogen and oxygen atoms in total. The molecule has 2 aromatic heterocycles. The average molecular weight is 359 g/mol. The van der Waals surface area contributed by atoms with Gasteiger partial charge in [-0.25, -0.2) is 0 Å². The molecule has 7 heteroatoms. The number of hydrogen-bond donors (Lipinski definition) is 1. The summed E-state index contributed by atoms with van der Waals surface area (Å²) in [4.78, 5) is 6.82. The maximum Gasteiger partial charge on any atom is 0.321 e. The third-order valence-electron chi connectivity index (χ3n) is 4.41. The largest absolute Gasteiger partial charge is 0.468 e. The van der Waals surface area contributed by atoms with Gasteiger partial charge in [0.25, 0.3) is 0 Å². The van der Waals surface area contributed by atoms with Crippen LogP contribution in [0.5, 0.6) is 0 Å². The minimum atomic E-state index is 0.152. The maximum absolute atomic E-state index is 6.02. The Morgan fingerprint density at radius 1 is 1.20 bits per heavy atom. The lowest BCUT2D eigenvalue weighted by atomic mass is 10.2. The Balaban J connectivity index is 1.46. The minimum absolute atomic E-state index is 0.152. The molecule has 1 aliphatic rings. The molecule has 3 heterocycles. The number of benzene rings is 1. The second-order valence-electron chi connectivity index (χ2n) is 6.09. The van der Waals surface area contributed by atoms with Crippen LogP contribution in [0.15, 0.2) is 51.6 Å². The van der Waals surface area contributed by atoms with Crippen molar-refractivity contribution in [2.45, 2.75) is 18.9 Å². The van der Waals surface area contributed by atoms with E-state index in [1.807, 2.05) is 36.4 Å². The highest BCUT2D eigenvalue weighted by molar-refractivity contribution is 6.30. The van der Waals surface area contributed by atoms with E-state index in [9.17, 15) is 0 Å². The van der Waals surface area contributed by atoms with Crippen LogP contribution in [0.4, 0.5) is 6.01 Å². The van der Waals surface area contributed by atoms with Crippen molar-refractivity contribution in [3.05, 3.63) is 53.4 Å². The van der Waals surface area contributed by atoms with Gasteiger partial charge >= 0.3 is 6.01 Å². The molecule has 1 aromatic carbocycles. The molecule has 0 bridgehead atoms. The van der Waals surface area contributed by atoms with Crippen LogP contribution < -0.4 is 5.32 Å². The number of rotatable bonds is 6. The van der Waals surface area contributed by atoms with E-state index in [0.29, 0.717) is 23.4 Å². The lowest BCUT2D eigenvalue weighted by Crippen LogP contribution is -2.30. The van der Waals surface area contributed by atoms with Crippen LogP contribution in [-0.4, -0.2) is 34.7 Å².